The minimum absolute atomic E-state index is 0.0769. The average Bonchev–Trinajstić information content (AvgIpc) is 2.68. The van der Waals surface area contributed by atoms with Gasteiger partial charge < -0.3 is 13.9 Å². The van der Waals surface area contributed by atoms with Gasteiger partial charge in [0, 0.05) is 22.5 Å². The molecule has 1 aromatic heterocycles. The Morgan fingerprint density at radius 1 is 1.07 bits per heavy atom. The van der Waals surface area contributed by atoms with Crippen LogP contribution in [0, 0.1) is 11.3 Å². The zero-order chi connectivity index (χ0) is 22.7. The molecule has 6 nitrogen and oxygen atoms in total. The van der Waals surface area contributed by atoms with E-state index in [4.69, 9.17) is 37.1 Å². The van der Waals surface area contributed by atoms with Crippen LogP contribution in [-0.2, 0) is 16.4 Å². The fraction of sp³-hybridized carbons (Fsp3) is 0.476. The molecule has 2 rings (SSSR count). The maximum Gasteiger partial charge on any atom is 0.319 e. The average molecular weight is 468 g/mol. The third-order valence-electron chi connectivity index (χ3n) is 5.39. The largest absolute Gasteiger partial charge is 0.481 e. The number of benzene rings is 1. The molecular formula is C21H27Cl2N3O3Si. The van der Waals surface area contributed by atoms with Gasteiger partial charge in [0.1, 0.15) is 6.07 Å². The molecule has 0 bridgehead atoms. The van der Waals surface area contributed by atoms with E-state index in [1.54, 1.807) is 24.3 Å². The van der Waals surface area contributed by atoms with E-state index in [2.05, 4.69) is 49.9 Å². The van der Waals surface area contributed by atoms with Crippen molar-refractivity contribution in [1.82, 2.24) is 9.97 Å². The highest BCUT2D eigenvalue weighted by Gasteiger charge is 2.48. The molecule has 0 fully saturated rings. The third-order valence-corrected chi connectivity index (χ3v) is 10.6. The molecule has 0 saturated heterocycles. The van der Waals surface area contributed by atoms with E-state index in [0.29, 0.717) is 21.3 Å². The lowest BCUT2D eigenvalue weighted by atomic mass is 9.92. The van der Waals surface area contributed by atoms with Gasteiger partial charge in [-0.2, -0.15) is 15.2 Å². The highest BCUT2D eigenvalue weighted by Crippen LogP contribution is 2.44. The molecule has 1 heterocycles. The van der Waals surface area contributed by atoms with Gasteiger partial charge in [0.05, 0.1) is 19.9 Å². The van der Waals surface area contributed by atoms with Crippen molar-refractivity contribution in [2.45, 2.75) is 50.9 Å². The molecule has 0 amide bonds. The minimum Gasteiger partial charge on any atom is -0.481 e. The second-order valence-electron chi connectivity index (χ2n) is 8.46. The molecule has 0 aliphatic heterocycles. The van der Waals surface area contributed by atoms with Gasteiger partial charge in [-0.3, -0.25) is 0 Å². The van der Waals surface area contributed by atoms with Crippen LogP contribution in [0.5, 0.6) is 11.9 Å². The molecule has 0 saturated carbocycles. The Morgan fingerprint density at radius 2 is 1.67 bits per heavy atom. The third kappa shape index (κ3) is 5.06. The zero-order valence-electron chi connectivity index (χ0n) is 18.3. The van der Waals surface area contributed by atoms with Gasteiger partial charge in [0.2, 0.25) is 5.88 Å². The molecule has 0 radical (unpaired) electrons. The summed E-state index contributed by atoms with van der Waals surface area (Å²) in [5, 5.41) is 11.2. The summed E-state index contributed by atoms with van der Waals surface area (Å²) in [6, 6.07) is 9.25. The Labute approximate surface area is 189 Å². The Kier molecular flexibility index (Phi) is 7.41. The molecule has 162 valence electrons. The Bertz CT molecular complexity index is 915. The van der Waals surface area contributed by atoms with Gasteiger partial charge in [-0.25, -0.2) is 0 Å². The summed E-state index contributed by atoms with van der Waals surface area (Å²) in [7, 11) is 0.497. The van der Waals surface area contributed by atoms with Crippen LogP contribution in [0.15, 0.2) is 24.3 Å². The zero-order valence-corrected chi connectivity index (χ0v) is 20.9. The molecule has 1 atom stereocenters. The van der Waals surface area contributed by atoms with Crippen LogP contribution in [0.2, 0.25) is 28.2 Å². The SMILES string of the molecule is COc1cc(C(C#N)(Cc2c(Cl)cccc2Cl)O[Si](C)(C)C(C)(C)C)nc(OC)n1. The predicted molar refractivity (Wildman–Crippen MR) is 121 cm³/mol. The van der Waals surface area contributed by atoms with E-state index >= 15 is 0 Å². The molecule has 0 spiro atoms. The van der Waals surface area contributed by atoms with Crippen LogP contribution in [0.1, 0.15) is 32.0 Å². The van der Waals surface area contributed by atoms with Gasteiger partial charge in [-0.1, -0.05) is 50.0 Å². The lowest BCUT2D eigenvalue weighted by molar-refractivity contribution is 0.103. The number of hydrogen-bond donors (Lipinski definition) is 0. The van der Waals surface area contributed by atoms with Crippen LogP contribution in [-0.4, -0.2) is 32.5 Å². The standard InChI is InChI=1S/C21H27Cl2N3O3Si/c1-20(2,3)30(6,7)29-21(13-24,12-14-15(22)9-8-10-16(14)23)17-11-18(27-4)26-19(25-17)28-5/h8-11H,12H2,1-7H3. The molecule has 30 heavy (non-hydrogen) atoms. The van der Waals surface area contributed by atoms with Crippen molar-refractivity contribution in [2.75, 3.05) is 14.2 Å². The normalized spacial score (nSPS) is 14.0. The second kappa shape index (κ2) is 9.11. The van der Waals surface area contributed by atoms with E-state index in [0.717, 1.165) is 0 Å². The molecule has 1 aromatic carbocycles. The molecule has 0 aliphatic carbocycles. The summed E-state index contributed by atoms with van der Waals surface area (Å²) in [4.78, 5) is 8.58. The topological polar surface area (TPSA) is 77.3 Å². The van der Waals surface area contributed by atoms with E-state index in [1.807, 2.05) is 0 Å². The fourth-order valence-corrected chi connectivity index (χ4v) is 4.57. The van der Waals surface area contributed by atoms with Crippen LogP contribution in [0.25, 0.3) is 0 Å². The summed E-state index contributed by atoms with van der Waals surface area (Å²) in [6.07, 6.45) is 0.109. The van der Waals surface area contributed by atoms with Crippen LogP contribution >= 0.6 is 23.2 Å². The monoisotopic (exact) mass is 467 g/mol. The van der Waals surface area contributed by atoms with Crippen molar-refractivity contribution in [3.8, 4) is 18.0 Å². The molecule has 9 heteroatoms. The quantitative estimate of drug-likeness (QED) is 0.479. The van der Waals surface area contributed by atoms with Crippen molar-refractivity contribution in [3.63, 3.8) is 0 Å². The summed E-state index contributed by atoms with van der Waals surface area (Å²) < 4.78 is 17.2. The lowest BCUT2D eigenvalue weighted by Gasteiger charge is -2.42. The maximum absolute atomic E-state index is 10.4. The summed E-state index contributed by atoms with van der Waals surface area (Å²) >= 11 is 12.9. The summed E-state index contributed by atoms with van der Waals surface area (Å²) in [5.41, 5.74) is -0.534. The first-order valence-corrected chi connectivity index (χ1v) is 13.1. The Hall–Kier alpha value is -1.85. The Morgan fingerprint density at radius 3 is 2.13 bits per heavy atom. The number of methoxy groups -OCH3 is 2. The Balaban J connectivity index is 2.76. The second-order valence-corrected chi connectivity index (χ2v) is 14.0. The first-order chi connectivity index (χ1) is 13.9. The summed E-state index contributed by atoms with van der Waals surface area (Å²) in [6.45, 7) is 10.5. The van der Waals surface area contributed by atoms with E-state index in [1.165, 1.54) is 14.2 Å². The highest BCUT2D eigenvalue weighted by molar-refractivity contribution is 6.74. The molecule has 1 unspecified atom stereocenters. The number of rotatable bonds is 7. The van der Waals surface area contributed by atoms with Crippen LogP contribution in [0.4, 0.5) is 0 Å². The minimum atomic E-state index is -2.44. The van der Waals surface area contributed by atoms with E-state index in [-0.39, 0.29) is 23.3 Å². The van der Waals surface area contributed by atoms with Crippen LogP contribution < -0.4 is 9.47 Å². The van der Waals surface area contributed by atoms with Gasteiger partial charge >= 0.3 is 6.01 Å². The molecule has 0 N–H and O–H groups in total. The fourth-order valence-electron chi connectivity index (χ4n) is 2.64. The highest BCUT2D eigenvalue weighted by atomic mass is 35.5. The predicted octanol–water partition coefficient (Wildman–Crippen LogP) is 5.78. The first kappa shape index (κ1) is 24.4. The lowest BCUT2D eigenvalue weighted by Crippen LogP contribution is -2.49. The smallest absolute Gasteiger partial charge is 0.319 e. The molecule has 2 aromatic rings. The van der Waals surface area contributed by atoms with Crippen molar-refractivity contribution in [2.24, 2.45) is 0 Å². The number of aromatic nitrogens is 2. The molecule has 0 aliphatic rings. The van der Waals surface area contributed by atoms with Gasteiger partial charge in [0.15, 0.2) is 13.9 Å². The summed E-state index contributed by atoms with van der Waals surface area (Å²) in [5.74, 6) is 0.264. The number of halogens is 2. The first-order valence-electron chi connectivity index (χ1n) is 9.41. The van der Waals surface area contributed by atoms with Gasteiger partial charge in [-0.15, -0.1) is 0 Å². The van der Waals surface area contributed by atoms with Crippen molar-refractivity contribution < 1.29 is 13.9 Å². The number of ether oxygens (including phenoxy) is 2. The van der Waals surface area contributed by atoms with Gasteiger partial charge in [0.25, 0.3) is 0 Å². The number of nitrogens with zero attached hydrogens (tertiary/aromatic N) is 3. The van der Waals surface area contributed by atoms with Crippen molar-refractivity contribution >= 4 is 31.5 Å². The van der Waals surface area contributed by atoms with Gasteiger partial charge in [-0.05, 0) is 35.8 Å². The van der Waals surface area contributed by atoms with Crippen molar-refractivity contribution in [3.05, 3.63) is 45.6 Å². The van der Waals surface area contributed by atoms with E-state index in [9.17, 15) is 5.26 Å². The van der Waals surface area contributed by atoms with E-state index < -0.39 is 13.9 Å². The van der Waals surface area contributed by atoms with Crippen LogP contribution in [0.3, 0.4) is 0 Å². The maximum atomic E-state index is 10.4. The molecular weight excluding hydrogens is 441 g/mol. The number of hydrogen-bond acceptors (Lipinski definition) is 6. The number of nitriles is 1. The van der Waals surface area contributed by atoms with Crippen molar-refractivity contribution in [1.29, 1.82) is 5.26 Å².